The first-order valence-electron chi connectivity index (χ1n) is 12.2. The molecule has 2 heterocycles. The van der Waals surface area contributed by atoms with Crippen LogP contribution in [0.4, 0.5) is 18.9 Å². The zero-order valence-electron chi connectivity index (χ0n) is 20.5. The average molecular weight is 524 g/mol. The summed E-state index contributed by atoms with van der Waals surface area (Å²) >= 11 is 0. The molecule has 0 aromatic heterocycles. The summed E-state index contributed by atoms with van der Waals surface area (Å²) in [6.07, 6.45) is 0.971. The highest BCUT2D eigenvalue weighted by atomic mass is 19.2. The molecule has 7 nitrogen and oxygen atoms in total. The summed E-state index contributed by atoms with van der Waals surface area (Å²) in [6, 6.07) is 12.7. The molecule has 5 rings (SSSR count). The van der Waals surface area contributed by atoms with Crippen LogP contribution in [-0.4, -0.2) is 46.2 Å². The van der Waals surface area contributed by atoms with Gasteiger partial charge in [0, 0.05) is 48.8 Å². The lowest BCUT2D eigenvalue weighted by Crippen LogP contribution is -2.54. The third-order valence-corrected chi connectivity index (χ3v) is 7.70. The van der Waals surface area contributed by atoms with Crippen LogP contribution in [0.2, 0.25) is 0 Å². The first-order valence-corrected chi connectivity index (χ1v) is 12.2. The van der Waals surface area contributed by atoms with Crippen LogP contribution < -0.4 is 0 Å². The van der Waals surface area contributed by atoms with Gasteiger partial charge < -0.3 is 9.80 Å². The number of piperidine rings is 1. The van der Waals surface area contributed by atoms with Gasteiger partial charge in [0.1, 0.15) is 5.82 Å². The van der Waals surface area contributed by atoms with E-state index in [9.17, 15) is 32.9 Å². The third kappa shape index (κ3) is 4.29. The van der Waals surface area contributed by atoms with E-state index in [-0.39, 0.29) is 35.5 Å². The van der Waals surface area contributed by atoms with Crippen molar-refractivity contribution in [3.8, 4) is 0 Å². The molecule has 0 aliphatic carbocycles. The molecule has 2 aliphatic rings. The summed E-state index contributed by atoms with van der Waals surface area (Å²) in [4.78, 5) is 40.4. The maximum absolute atomic E-state index is 14.8. The molecule has 10 heteroatoms. The lowest BCUT2D eigenvalue weighted by atomic mass is 9.68. The Morgan fingerprint density at radius 3 is 2.26 bits per heavy atom. The van der Waals surface area contributed by atoms with Gasteiger partial charge in [-0.1, -0.05) is 24.3 Å². The van der Waals surface area contributed by atoms with Crippen molar-refractivity contribution in [2.45, 2.75) is 31.7 Å². The molecule has 0 N–H and O–H groups in total. The highest BCUT2D eigenvalue weighted by molar-refractivity contribution is 5.97. The number of likely N-dealkylation sites (tertiary alicyclic amines) is 1. The smallest absolute Gasteiger partial charge is 0.273 e. The van der Waals surface area contributed by atoms with Crippen LogP contribution in [0.25, 0.3) is 0 Å². The molecule has 3 aromatic carbocycles. The number of hydrogen-bond donors (Lipinski definition) is 0. The van der Waals surface area contributed by atoms with Crippen LogP contribution in [0.1, 0.15) is 50.2 Å². The van der Waals surface area contributed by atoms with Crippen molar-refractivity contribution in [1.29, 1.82) is 0 Å². The van der Waals surface area contributed by atoms with Gasteiger partial charge in [-0.15, -0.1) is 0 Å². The summed E-state index contributed by atoms with van der Waals surface area (Å²) in [5, 5.41) is 11.4. The Bertz CT molecular complexity index is 1470. The van der Waals surface area contributed by atoms with E-state index in [0.717, 1.165) is 35.4 Å². The number of nitrogens with zero attached hydrogens (tertiary/aromatic N) is 3. The number of rotatable bonds is 3. The summed E-state index contributed by atoms with van der Waals surface area (Å²) in [6.45, 7) is 2.47. The Labute approximate surface area is 216 Å². The summed E-state index contributed by atoms with van der Waals surface area (Å²) in [5.74, 6) is -3.98. The van der Waals surface area contributed by atoms with Crippen LogP contribution >= 0.6 is 0 Å². The minimum Gasteiger partial charge on any atom is -0.339 e. The molecule has 0 radical (unpaired) electrons. The topological polar surface area (TPSA) is 83.8 Å². The average Bonchev–Trinajstić information content (AvgIpc) is 2.90. The minimum absolute atomic E-state index is 0.0279. The van der Waals surface area contributed by atoms with Crippen LogP contribution in [-0.2, 0) is 12.0 Å². The SMILES string of the molecule is Cc1c([N+](=O)[O-])ccc(F)c1C(=O)N1Cc2ccccc2C2(CCN(C(=O)c3ccc(F)c(F)c3)CC2)C1. The summed E-state index contributed by atoms with van der Waals surface area (Å²) in [7, 11) is 0. The first kappa shape index (κ1) is 25.4. The van der Waals surface area contributed by atoms with Gasteiger partial charge in [0.05, 0.1) is 10.5 Å². The molecule has 0 saturated carbocycles. The van der Waals surface area contributed by atoms with Crippen molar-refractivity contribution in [3.05, 3.63) is 110 Å². The highest BCUT2D eigenvalue weighted by Gasteiger charge is 2.44. The molecule has 1 saturated heterocycles. The van der Waals surface area contributed by atoms with E-state index >= 15 is 0 Å². The van der Waals surface area contributed by atoms with Crippen molar-refractivity contribution in [2.75, 3.05) is 19.6 Å². The summed E-state index contributed by atoms with van der Waals surface area (Å²) in [5.41, 5.74) is 0.777. The molecule has 1 spiro atoms. The minimum atomic E-state index is -1.09. The highest BCUT2D eigenvalue weighted by Crippen LogP contribution is 2.43. The first-order chi connectivity index (χ1) is 18.1. The number of fused-ring (bicyclic) bond motifs is 2. The van der Waals surface area contributed by atoms with Gasteiger partial charge in [0.2, 0.25) is 0 Å². The molecule has 0 atom stereocenters. The van der Waals surface area contributed by atoms with Gasteiger partial charge >= 0.3 is 0 Å². The second-order valence-corrected chi connectivity index (χ2v) is 9.84. The number of halogens is 3. The van der Waals surface area contributed by atoms with E-state index in [2.05, 4.69) is 0 Å². The van der Waals surface area contributed by atoms with E-state index in [4.69, 9.17) is 0 Å². The number of nitro groups is 1. The second-order valence-electron chi connectivity index (χ2n) is 9.84. The lowest BCUT2D eigenvalue weighted by molar-refractivity contribution is -0.385. The molecule has 196 valence electrons. The Balaban J connectivity index is 1.43. The monoisotopic (exact) mass is 523 g/mol. The van der Waals surface area contributed by atoms with Crippen molar-refractivity contribution in [1.82, 2.24) is 9.80 Å². The number of carbonyl (C=O) groups is 2. The number of nitro benzene ring substituents is 1. The van der Waals surface area contributed by atoms with Crippen LogP contribution in [0.3, 0.4) is 0 Å². The fourth-order valence-electron chi connectivity index (χ4n) is 5.69. The van der Waals surface area contributed by atoms with Gasteiger partial charge in [-0.05, 0) is 55.2 Å². The normalized spacial score (nSPS) is 16.3. The third-order valence-electron chi connectivity index (χ3n) is 7.70. The van der Waals surface area contributed by atoms with Crippen LogP contribution in [0, 0.1) is 34.5 Å². The molecular weight excluding hydrogens is 499 g/mol. The van der Waals surface area contributed by atoms with Crippen molar-refractivity contribution < 1.29 is 27.7 Å². The zero-order chi connectivity index (χ0) is 27.2. The quantitative estimate of drug-likeness (QED) is 0.351. The Hall–Kier alpha value is -4.21. The fourth-order valence-corrected chi connectivity index (χ4v) is 5.69. The largest absolute Gasteiger partial charge is 0.339 e. The molecule has 2 amide bonds. The van der Waals surface area contributed by atoms with Gasteiger partial charge in [-0.25, -0.2) is 13.2 Å². The Morgan fingerprint density at radius 1 is 0.895 bits per heavy atom. The number of carbonyl (C=O) groups excluding carboxylic acids is 2. The maximum Gasteiger partial charge on any atom is 0.273 e. The van der Waals surface area contributed by atoms with E-state index in [1.165, 1.54) is 17.9 Å². The van der Waals surface area contributed by atoms with Crippen LogP contribution in [0.5, 0.6) is 0 Å². The van der Waals surface area contributed by atoms with Gasteiger partial charge in [-0.2, -0.15) is 0 Å². The Morgan fingerprint density at radius 2 is 1.58 bits per heavy atom. The molecule has 2 aliphatic heterocycles. The standard InChI is InChI=1S/C28H24F3N3O4/c1-17-24(34(37)38)9-8-22(30)25(17)27(36)33-15-19-4-2-3-5-20(19)28(16-33)10-12-32(13-11-28)26(35)18-6-7-21(29)23(31)14-18/h2-9,14H,10-13,15-16H2,1H3. The van der Waals surface area contributed by atoms with E-state index < -0.39 is 39.6 Å². The molecule has 3 aromatic rings. The fraction of sp³-hybridized carbons (Fsp3) is 0.286. The van der Waals surface area contributed by atoms with E-state index in [1.54, 1.807) is 4.90 Å². The van der Waals surface area contributed by atoms with E-state index in [0.29, 0.717) is 25.9 Å². The van der Waals surface area contributed by atoms with Gasteiger partial charge in [-0.3, -0.25) is 19.7 Å². The Kier molecular flexibility index (Phi) is 6.42. The molecule has 0 unspecified atom stereocenters. The number of benzene rings is 3. The lowest BCUT2D eigenvalue weighted by Gasteiger charge is -2.48. The number of amides is 2. The summed E-state index contributed by atoms with van der Waals surface area (Å²) < 4.78 is 41.8. The van der Waals surface area contributed by atoms with Crippen molar-refractivity contribution in [3.63, 3.8) is 0 Å². The van der Waals surface area contributed by atoms with Gasteiger partial charge in [0.15, 0.2) is 11.6 Å². The van der Waals surface area contributed by atoms with Crippen LogP contribution in [0.15, 0.2) is 54.6 Å². The predicted molar refractivity (Wildman–Crippen MR) is 132 cm³/mol. The second kappa shape index (κ2) is 9.59. The predicted octanol–water partition coefficient (Wildman–Crippen LogP) is 5.15. The number of hydrogen-bond acceptors (Lipinski definition) is 4. The zero-order valence-corrected chi connectivity index (χ0v) is 20.5. The molecule has 0 bridgehead atoms. The molecule has 38 heavy (non-hydrogen) atoms. The van der Waals surface area contributed by atoms with Gasteiger partial charge in [0.25, 0.3) is 17.5 Å². The van der Waals surface area contributed by atoms with Crippen molar-refractivity contribution in [2.24, 2.45) is 0 Å². The molecular formula is C28H24F3N3O4. The van der Waals surface area contributed by atoms with E-state index in [1.807, 2.05) is 24.3 Å². The maximum atomic E-state index is 14.8. The molecule has 1 fully saturated rings. The van der Waals surface area contributed by atoms with Crippen molar-refractivity contribution >= 4 is 17.5 Å².